The molecule has 0 atom stereocenters. The largest absolute Gasteiger partial charge is 0.453 e. The number of aromatic nitrogens is 4. The summed E-state index contributed by atoms with van der Waals surface area (Å²) in [6.45, 7) is 5.02. The van der Waals surface area contributed by atoms with Crippen molar-refractivity contribution in [1.29, 1.82) is 0 Å². The molecule has 0 fully saturated rings. The summed E-state index contributed by atoms with van der Waals surface area (Å²) in [6, 6.07) is 7.06. The van der Waals surface area contributed by atoms with Gasteiger partial charge in [0.25, 0.3) is 11.6 Å². The fourth-order valence-electron chi connectivity index (χ4n) is 3.13. The molecule has 0 bridgehead atoms. The van der Waals surface area contributed by atoms with E-state index in [1.807, 2.05) is 0 Å². The molecule has 2 amide bonds. The molecule has 3 aromatic rings. The number of fused-ring (bicyclic) bond motifs is 1. The van der Waals surface area contributed by atoms with E-state index in [9.17, 15) is 22.8 Å². The lowest BCUT2D eigenvalue weighted by Crippen LogP contribution is -2.23. The van der Waals surface area contributed by atoms with Crippen molar-refractivity contribution in [3.63, 3.8) is 0 Å². The van der Waals surface area contributed by atoms with E-state index in [1.54, 1.807) is 38.1 Å². The summed E-state index contributed by atoms with van der Waals surface area (Å²) in [7, 11) is 0. The van der Waals surface area contributed by atoms with Crippen LogP contribution in [0.4, 0.5) is 18.9 Å². The first-order chi connectivity index (χ1) is 14.5. The van der Waals surface area contributed by atoms with Gasteiger partial charge in [0.05, 0.1) is 0 Å². The molecule has 2 aromatic heterocycles. The van der Waals surface area contributed by atoms with Crippen molar-refractivity contribution in [2.75, 3.05) is 5.32 Å². The van der Waals surface area contributed by atoms with Crippen LogP contribution in [0.25, 0.3) is 5.78 Å². The Morgan fingerprint density at radius 2 is 1.77 bits per heavy atom. The highest BCUT2D eigenvalue weighted by molar-refractivity contribution is 5.88. The molecule has 0 spiro atoms. The SMILES string of the molecule is CC(=O)Nc1ccc(CNC(=O)CCc2c(C)nc3nc(C(F)(F)F)nn3c2C)cc1. The first-order valence-corrected chi connectivity index (χ1v) is 9.48. The van der Waals surface area contributed by atoms with Crippen LogP contribution in [0.5, 0.6) is 0 Å². The van der Waals surface area contributed by atoms with Gasteiger partial charge >= 0.3 is 6.18 Å². The number of benzene rings is 1. The summed E-state index contributed by atoms with van der Waals surface area (Å²) < 4.78 is 39.7. The molecule has 0 unspecified atom stereocenters. The number of rotatable bonds is 6. The van der Waals surface area contributed by atoms with Crippen molar-refractivity contribution >= 4 is 23.3 Å². The molecule has 0 radical (unpaired) electrons. The molecule has 164 valence electrons. The molecule has 0 aliphatic rings. The minimum Gasteiger partial charge on any atom is -0.352 e. The summed E-state index contributed by atoms with van der Waals surface area (Å²) in [5.74, 6) is -1.75. The third-order valence-electron chi connectivity index (χ3n) is 4.67. The predicted octanol–water partition coefficient (Wildman–Crippen LogP) is 2.97. The number of alkyl halides is 3. The van der Waals surface area contributed by atoms with E-state index >= 15 is 0 Å². The molecule has 3 rings (SSSR count). The average Bonchev–Trinajstić information content (AvgIpc) is 3.11. The minimum absolute atomic E-state index is 0.127. The monoisotopic (exact) mass is 434 g/mol. The lowest BCUT2D eigenvalue weighted by molar-refractivity contribution is -0.144. The van der Waals surface area contributed by atoms with Gasteiger partial charge in [-0.1, -0.05) is 12.1 Å². The fourth-order valence-corrected chi connectivity index (χ4v) is 3.13. The topological polar surface area (TPSA) is 101 Å². The molecular weight excluding hydrogens is 413 g/mol. The van der Waals surface area contributed by atoms with Gasteiger partial charge in [-0.25, -0.2) is 9.50 Å². The second kappa shape index (κ2) is 8.70. The number of amides is 2. The van der Waals surface area contributed by atoms with Crippen LogP contribution in [-0.4, -0.2) is 31.4 Å². The van der Waals surface area contributed by atoms with Crippen molar-refractivity contribution in [3.8, 4) is 0 Å². The number of aryl methyl sites for hydroxylation is 2. The molecule has 2 N–H and O–H groups in total. The number of nitrogens with one attached hydrogen (secondary N) is 2. The standard InChI is InChI=1S/C20H21F3N6O2/c1-11-16(12(2)29-19(25-11)27-18(28-29)20(21,22)23)8-9-17(31)24-10-14-4-6-15(7-5-14)26-13(3)30/h4-7H,8-10H2,1-3H3,(H,24,31)(H,26,30). The highest BCUT2D eigenvalue weighted by Crippen LogP contribution is 2.27. The quantitative estimate of drug-likeness (QED) is 0.621. The van der Waals surface area contributed by atoms with Crippen LogP contribution in [0.1, 0.15) is 41.7 Å². The normalized spacial score (nSPS) is 11.5. The second-order valence-electron chi connectivity index (χ2n) is 7.06. The Bertz CT molecular complexity index is 1120. The molecule has 1 aromatic carbocycles. The van der Waals surface area contributed by atoms with E-state index in [-0.39, 0.29) is 24.0 Å². The van der Waals surface area contributed by atoms with Crippen LogP contribution in [0.15, 0.2) is 24.3 Å². The maximum absolute atomic E-state index is 12.9. The number of anilines is 1. The van der Waals surface area contributed by atoms with Crippen molar-refractivity contribution in [1.82, 2.24) is 24.9 Å². The van der Waals surface area contributed by atoms with Crippen molar-refractivity contribution in [3.05, 3.63) is 52.6 Å². The second-order valence-corrected chi connectivity index (χ2v) is 7.06. The molecule has 31 heavy (non-hydrogen) atoms. The van der Waals surface area contributed by atoms with E-state index < -0.39 is 12.0 Å². The van der Waals surface area contributed by atoms with Crippen molar-refractivity contribution in [2.45, 2.75) is 46.3 Å². The van der Waals surface area contributed by atoms with Crippen LogP contribution in [0.2, 0.25) is 0 Å². The number of hydrogen-bond donors (Lipinski definition) is 2. The highest BCUT2D eigenvalue weighted by Gasteiger charge is 2.36. The van der Waals surface area contributed by atoms with Crippen molar-refractivity contribution < 1.29 is 22.8 Å². The Morgan fingerprint density at radius 1 is 1.10 bits per heavy atom. The van der Waals surface area contributed by atoms with Gasteiger partial charge in [-0.2, -0.15) is 18.2 Å². The Hall–Kier alpha value is -3.50. The molecular formula is C20H21F3N6O2. The number of hydrogen-bond acceptors (Lipinski definition) is 5. The average molecular weight is 434 g/mol. The number of carbonyl (C=O) groups excluding carboxylic acids is 2. The Balaban J connectivity index is 1.62. The Morgan fingerprint density at radius 3 is 2.39 bits per heavy atom. The summed E-state index contributed by atoms with van der Waals surface area (Å²) in [6.07, 6.45) is -4.22. The van der Waals surface area contributed by atoms with Crippen LogP contribution in [0, 0.1) is 13.8 Å². The number of carbonyl (C=O) groups is 2. The zero-order chi connectivity index (χ0) is 22.8. The molecule has 0 saturated heterocycles. The van der Waals surface area contributed by atoms with Crippen LogP contribution in [-0.2, 0) is 28.7 Å². The smallest absolute Gasteiger partial charge is 0.352 e. The van der Waals surface area contributed by atoms with E-state index in [0.29, 0.717) is 35.6 Å². The van der Waals surface area contributed by atoms with E-state index in [2.05, 4.69) is 25.7 Å². The number of halogens is 3. The molecule has 11 heteroatoms. The van der Waals surface area contributed by atoms with Gasteiger partial charge in [0, 0.05) is 37.0 Å². The zero-order valence-corrected chi connectivity index (χ0v) is 17.2. The number of nitrogens with zero attached hydrogens (tertiary/aromatic N) is 4. The van der Waals surface area contributed by atoms with Gasteiger partial charge in [-0.3, -0.25) is 9.59 Å². The lowest BCUT2D eigenvalue weighted by Gasteiger charge is -2.11. The molecule has 8 nitrogen and oxygen atoms in total. The first kappa shape index (κ1) is 22.2. The zero-order valence-electron chi connectivity index (χ0n) is 17.2. The van der Waals surface area contributed by atoms with Gasteiger partial charge in [0.15, 0.2) is 0 Å². The summed E-state index contributed by atoms with van der Waals surface area (Å²) in [4.78, 5) is 30.8. The van der Waals surface area contributed by atoms with E-state index in [0.717, 1.165) is 10.1 Å². The summed E-state index contributed by atoms with van der Waals surface area (Å²) in [5.41, 5.74) is 3.15. The molecule has 0 aliphatic heterocycles. The summed E-state index contributed by atoms with van der Waals surface area (Å²) in [5, 5.41) is 8.97. The van der Waals surface area contributed by atoms with Gasteiger partial charge in [-0.05, 0) is 43.5 Å². The van der Waals surface area contributed by atoms with Crippen LogP contribution in [0.3, 0.4) is 0 Å². The Kier molecular flexibility index (Phi) is 6.23. The fraction of sp³-hybridized carbons (Fsp3) is 0.350. The van der Waals surface area contributed by atoms with Gasteiger partial charge in [-0.15, -0.1) is 5.10 Å². The van der Waals surface area contributed by atoms with E-state index in [4.69, 9.17) is 0 Å². The maximum Gasteiger partial charge on any atom is 0.453 e. The minimum atomic E-state index is -4.66. The maximum atomic E-state index is 12.9. The molecule has 0 aliphatic carbocycles. The molecule has 0 saturated carbocycles. The van der Waals surface area contributed by atoms with Gasteiger partial charge in [0.2, 0.25) is 11.8 Å². The Labute approximate surface area is 175 Å². The first-order valence-electron chi connectivity index (χ1n) is 9.48. The predicted molar refractivity (Wildman–Crippen MR) is 106 cm³/mol. The van der Waals surface area contributed by atoms with E-state index in [1.165, 1.54) is 6.92 Å². The highest BCUT2D eigenvalue weighted by atomic mass is 19.4. The summed E-state index contributed by atoms with van der Waals surface area (Å²) >= 11 is 0. The van der Waals surface area contributed by atoms with Crippen LogP contribution < -0.4 is 10.6 Å². The third-order valence-corrected chi connectivity index (χ3v) is 4.67. The van der Waals surface area contributed by atoms with Gasteiger partial charge < -0.3 is 10.6 Å². The van der Waals surface area contributed by atoms with Gasteiger partial charge in [0.1, 0.15) is 0 Å². The van der Waals surface area contributed by atoms with Crippen LogP contribution >= 0.6 is 0 Å². The van der Waals surface area contributed by atoms with Crippen molar-refractivity contribution in [2.24, 2.45) is 0 Å². The molecule has 2 heterocycles. The lowest BCUT2D eigenvalue weighted by atomic mass is 10.1. The third kappa shape index (κ3) is 5.36.